The summed E-state index contributed by atoms with van der Waals surface area (Å²) >= 11 is 3.02. The Morgan fingerprint density at radius 1 is 1.43 bits per heavy atom. The molecule has 0 radical (unpaired) electrons. The Morgan fingerprint density at radius 2 is 2.07 bits per heavy atom. The molecule has 80 valence electrons. The van der Waals surface area contributed by atoms with Gasteiger partial charge in [-0.3, -0.25) is 4.79 Å². The fourth-order valence-electron chi connectivity index (χ4n) is 0.943. The van der Waals surface area contributed by atoms with E-state index in [-0.39, 0.29) is 16.7 Å². The number of ketones is 1. The van der Waals surface area contributed by atoms with Crippen LogP contribution in [0.2, 0.25) is 0 Å². The molecule has 4 heteroatoms. The van der Waals surface area contributed by atoms with Crippen LogP contribution in [0.4, 0.5) is 0 Å². The van der Waals surface area contributed by atoms with Gasteiger partial charge in [0, 0.05) is 0 Å². The van der Waals surface area contributed by atoms with E-state index in [1.165, 1.54) is 7.11 Å². The molecule has 0 fully saturated rings. The molecule has 0 saturated carbocycles. The topological polar surface area (TPSA) is 43.4 Å². The number of carbonyl (C=O) groups is 2. The zero-order valence-electron chi connectivity index (χ0n) is 8.51. The third-order valence-electron chi connectivity index (χ3n) is 1.73. The van der Waals surface area contributed by atoms with Gasteiger partial charge in [-0.05, 0) is 6.42 Å². The molecule has 0 atom stereocenters. The molecule has 0 rings (SSSR count). The van der Waals surface area contributed by atoms with Gasteiger partial charge in [0.05, 0.1) is 18.0 Å². The zero-order chi connectivity index (χ0) is 11.0. The molecule has 0 aromatic rings. The lowest BCUT2D eigenvalue weighted by Crippen LogP contribution is -2.15. The normalized spacial score (nSPS) is 11.2. The molecule has 0 aliphatic heterocycles. The Balaban J connectivity index is 4.46. The van der Waals surface area contributed by atoms with E-state index in [0.29, 0.717) is 0 Å². The standard InChI is InChI=1S/C10H15BrO3/c1-3-4-5-6-8(9(12)7-11)10(13)14-2/h6H,3-5,7H2,1-2H3. The number of hydrogen-bond acceptors (Lipinski definition) is 3. The first-order chi connectivity index (χ1) is 6.67. The Kier molecular flexibility index (Phi) is 7.38. The van der Waals surface area contributed by atoms with E-state index in [0.717, 1.165) is 19.3 Å². The van der Waals surface area contributed by atoms with Crippen LogP contribution in [0.15, 0.2) is 11.6 Å². The van der Waals surface area contributed by atoms with E-state index in [4.69, 9.17) is 0 Å². The van der Waals surface area contributed by atoms with Gasteiger partial charge < -0.3 is 4.74 Å². The van der Waals surface area contributed by atoms with Crippen molar-refractivity contribution >= 4 is 27.7 Å². The molecule has 0 aliphatic rings. The van der Waals surface area contributed by atoms with Crippen LogP contribution in [0.3, 0.4) is 0 Å². The minimum absolute atomic E-state index is 0.151. The molecule has 0 amide bonds. The van der Waals surface area contributed by atoms with Gasteiger partial charge in [0.15, 0.2) is 5.78 Å². The molecule has 3 nitrogen and oxygen atoms in total. The fourth-order valence-corrected chi connectivity index (χ4v) is 1.25. The number of alkyl halides is 1. The first-order valence-electron chi connectivity index (χ1n) is 4.55. The molecule has 14 heavy (non-hydrogen) atoms. The van der Waals surface area contributed by atoms with E-state index in [2.05, 4.69) is 27.6 Å². The van der Waals surface area contributed by atoms with E-state index in [1.54, 1.807) is 6.08 Å². The number of unbranched alkanes of at least 4 members (excludes halogenated alkanes) is 2. The summed E-state index contributed by atoms with van der Waals surface area (Å²) in [5, 5.41) is 0.153. The molecule has 0 saturated heterocycles. The number of halogens is 1. The number of allylic oxidation sites excluding steroid dienone is 1. The van der Waals surface area contributed by atoms with Gasteiger partial charge >= 0.3 is 5.97 Å². The molecular weight excluding hydrogens is 248 g/mol. The van der Waals surface area contributed by atoms with Crippen molar-refractivity contribution in [2.75, 3.05) is 12.4 Å². The number of Topliss-reactive ketones (excluding diaryl/α,β-unsaturated/α-hetero) is 1. The van der Waals surface area contributed by atoms with Gasteiger partial charge in [-0.2, -0.15) is 0 Å². The van der Waals surface area contributed by atoms with Gasteiger partial charge in [0.25, 0.3) is 0 Å². The lowest BCUT2D eigenvalue weighted by atomic mass is 10.1. The summed E-state index contributed by atoms with van der Waals surface area (Å²) in [5.74, 6) is -0.779. The van der Waals surface area contributed by atoms with Crippen LogP contribution in [0, 0.1) is 0 Å². The van der Waals surface area contributed by atoms with Gasteiger partial charge in [0.1, 0.15) is 0 Å². The first-order valence-corrected chi connectivity index (χ1v) is 5.67. The van der Waals surface area contributed by atoms with Crippen LogP contribution < -0.4 is 0 Å². The quantitative estimate of drug-likeness (QED) is 0.184. The maximum atomic E-state index is 11.3. The molecule has 0 heterocycles. The predicted octanol–water partition coefficient (Wildman–Crippen LogP) is 2.24. The summed E-state index contributed by atoms with van der Waals surface area (Å²) in [7, 11) is 1.28. The number of carbonyl (C=O) groups excluding carboxylic acids is 2. The second-order valence-electron chi connectivity index (χ2n) is 2.81. The third kappa shape index (κ3) is 4.56. The third-order valence-corrected chi connectivity index (χ3v) is 2.24. The monoisotopic (exact) mass is 262 g/mol. The maximum absolute atomic E-state index is 11.3. The van der Waals surface area contributed by atoms with Crippen LogP contribution >= 0.6 is 15.9 Å². The van der Waals surface area contributed by atoms with E-state index in [1.807, 2.05) is 0 Å². The van der Waals surface area contributed by atoms with Gasteiger partial charge in [-0.25, -0.2) is 4.79 Å². The van der Waals surface area contributed by atoms with Crippen molar-refractivity contribution < 1.29 is 14.3 Å². The maximum Gasteiger partial charge on any atom is 0.341 e. The molecule has 0 N–H and O–H groups in total. The average molecular weight is 263 g/mol. The Bertz CT molecular complexity index is 216. The number of ether oxygens (including phenoxy) is 1. The van der Waals surface area contributed by atoms with Crippen LogP contribution in [-0.2, 0) is 14.3 Å². The summed E-state index contributed by atoms with van der Waals surface area (Å²) in [4.78, 5) is 22.5. The molecular formula is C10H15BrO3. The highest BCUT2D eigenvalue weighted by Crippen LogP contribution is 2.06. The second kappa shape index (κ2) is 7.74. The van der Waals surface area contributed by atoms with Crippen molar-refractivity contribution in [3.8, 4) is 0 Å². The molecule has 0 aromatic heterocycles. The Hall–Kier alpha value is -0.640. The Labute approximate surface area is 92.6 Å². The minimum Gasteiger partial charge on any atom is -0.465 e. The lowest BCUT2D eigenvalue weighted by Gasteiger charge is -2.01. The van der Waals surface area contributed by atoms with Crippen molar-refractivity contribution in [2.45, 2.75) is 26.2 Å². The SMILES string of the molecule is CCCCC=C(C(=O)CBr)C(=O)OC. The van der Waals surface area contributed by atoms with Crippen molar-refractivity contribution in [3.63, 3.8) is 0 Å². The zero-order valence-corrected chi connectivity index (χ0v) is 10.1. The highest BCUT2D eigenvalue weighted by Gasteiger charge is 2.16. The van der Waals surface area contributed by atoms with Gasteiger partial charge in [0.2, 0.25) is 0 Å². The second-order valence-corrected chi connectivity index (χ2v) is 3.37. The summed E-state index contributed by atoms with van der Waals surface area (Å²) in [6.45, 7) is 2.05. The number of methoxy groups -OCH3 is 1. The smallest absolute Gasteiger partial charge is 0.341 e. The van der Waals surface area contributed by atoms with Gasteiger partial charge in [-0.15, -0.1) is 0 Å². The summed E-state index contributed by atoms with van der Waals surface area (Å²) in [6.07, 6.45) is 4.39. The molecule has 0 bridgehead atoms. The van der Waals surface area contributed by atoms with Crippen LogP contribution in [0.5, 0.6) is 0 Å². The average Bonchev–Trinajstić information content (AvgIpc) is 2.22. The molecule has 0 unspecified atom stereocenters. The number of esters is 1. The molecule has 0 aromatic carbocycles. The summed E-state index contributed by atoms with van der Waals surface area (Å²) < 4.78 is 4.52. The van der Waals surface area contributed by atoms with Gasteiger partial charge in [-0.1, -0.05) is 41.8 Å². The fraction of sp³-hybridized carbons (Fsp3) is 0.600. The summed E-state index contributed by atoms with van der Waals surface area (Å²) in [5.41, 5.74) is 0.151. The highest BCUT2D eigenvalue weighted by atomic mass is 79.9. The molecule has 0 spiro atoms. The van der Waals surface area contributed by atoms with E-state index < -0.39 is 5.97 Å². The first kappa shape index (κ1) is 13.4. The highest BCUT2D eigenvalue weighted by molar-refractivity contribution is 9.09. The van der Waals surface area contributed by atoms with E-state index >= 15 is 0 Å². The lowest BCUT2D eigenvalue weighted by molar-refractivity contribution is -0.137. The Morgan fingerprint density at radius 3 is 2.50 bits per heavy atom. The minimum atomic E-state index is -0.550. The molecule has 0 aliphatic carbocycles. The van der Waals surface area contributed by atoms with Crippen molar-refractivity contribution in [3.05, 3.63) is 11.6 Å². The van der Waals surface area contributed by atoms with Crippen LogP contribution in [0.25, 0.3) is 0 Å². The van der Waals surface area contributed by atoms with Crippen molar-refractivity contribution in [2.24, 2.45) is 0 Å². The van der Waals surface area contributed by atoms with E-state index in [9.17, 15) is 9.59 Å². The van der Waals surface area contributed by atoms with Crippen LogP contribution in [0.1, 0.15) is 26.2 Å². The largest absolute Gasteiger partial charge is 0.465 e. The van der Waals surface area contributed by atoms with Crippen molar-refractivity contribution in [1.82, 2.24) is 0 Å². The number of rotatable bonds is 6. The predicted molar refractivity (Wildman–Crippen MR) is 58.4 cm³/mol. The van der Waals surface area contributed by atoms with Crippen molar-refractivity contribution in [1.29, 1.82) is 0 Å². The summed E-state index contributed by atoms with van der Waals surface area (Å²) in [6, 6.07) is 0. The number of hydrogen-bond donors (Lipinski definition) is 0. The van der Waals surface area contributed by atoms with Crippen LogP contribution in [-0.4, -0.2) is 24.2 Å².